The van der Waals surface area contributed by atoms with E-state index in [4.69, 9.17) is 36.1 Å². The molecule has 2 spiro atoms. The fraction of sp³-hybridized carbons (Fsp3) is 0.613. The van der Waals surface area contributed by atoms with E-state index in [0.717, 1.165) is 135 Å². The number of hydrogen-bond donors (Lipinski definition) is 5. The highest BCUT2D eigenvalue weighted by atomic mass is 16.6. The SMILES string of the molecule is C.CCCCNC(=O)OC[C@@]1(O)[C@H](OC(C)=O)[C@]2(CC)C=CCN3CC[C@@]4(c5cc([C@@]6(C(=O)OC)C[C@@H]7C=C(CC)CN(CCc8c6[nH]c6ccccc86)C7)c(OC)cc5N(C)[C@@H]14)C32.CCCCNC(=O)OC[C@@]1(O)[C@H](OC(C)=O)[C@]2(CC)C=CCN3CC[C@@]4(c5ccc(OC)cc5N(C)[C@@H]14)C32.[2H][2H]. The van der Waals surface area contributed by atoms with Crippen LogP contribution in [0.4, 0.5) is 21.0 Å². The van der Waals surface area contributed by atoms with Crippen LogP contribution in [-0.4, -0.2) is 215 Å². The molecule has 4 aromatic rings. The zero-order valence-corrected chi connectivity index (χ0v) is 61.2. The third-order valence-corrected chi connectivity index (χ3v) is 25.3. The van der Waals surface area contributed by atoms with Crippen molar-refractivity contribution in [3.8, 4) is 11.5 Å². The summed E-state index contributed by atoms with van der Waals surface area (Å²) in [6, 6.07) is 17.2. The molecule has 22 nitrogen and oxygen atoms in total. The second-order valence-corrected chi connectivity index (χ2v) is 30.3. The lowest BCUT2D eigenvalue weighted by Crippen LogP contribution is -2.80. The van der Waals surface area contributed by atoms with Crippen molar-refractivity contribution in [3.05, 3.63) is 118 Å². The van der Waals surface area contributed by atoms with Gasteiger partial charge in [0.2, 0.25) is 0 Å². The normalized spacial score (nSPS) is 33.3. The number of alkyl carbamates (subject to hydrolysis) is 2. The van der Waals surface area contributed by atoms with Gasteiger partial charge in [-0.1, -0.05) is 115 Å². The fourth-order valence-electron chi connectivity index (χ4n) is 21.8. The number of rotatable bonds is 19. The van der Waals surface area contributed by atoms with Crippen LogP contribution in [0.2, 0.25) is 0 Å². The van der Waals surface area contributed by atoms with Gasteiger partial charge in [0.05, 0.1) is 33.4 Å². The number of unbranched alkanes of at least 4 members (excludes halogenated alkanes) is 2. The van der Waals surface area contributed by atoms with Crippen molar-refractivity contribution in [2.75, 3.05) is 117 Å². The van der Waals surface area contributed by atoms with Crippen molar-refractivity contribution >= 4 is 52.4 Å². The number of aliphatic hydroxyl groups is 2. The molecule has 4 fully saturated rings. The first-order valence-corrected chi connectivity index (χ1v) is 37.0. The number of carbonyl (C=O) groups excluding carboxylic acids is 5. The number of para-hydroxylation sites is 1. The van der Waals surface area contributed by atoms with Gasteiger partial charge in [-0.05, 0) is 112 Å². The predicted molar refractivity (Wildman–Crippen MR) is 393 cm³/mol. The Morgan fingerprint density at radius 3 is 1.76 bits per heavy atom. The number of methoxy groups -OCH3 is 3. The van der Waals surface area contributed by atoms with Crippen LogP contribution in [0.25, 0.3) is 10.9 Å². The number of anilines is 2. The zero-order valence-electron chi connectivity index (χ0n) is 63.2. The minimum Gasteiger partial charge on any atom is -0.497 e. The van der Waals surface area contributed by atoms with Crippen LogP contribution < -0.4 is 29.9 Å². The molecule has 2 saturated heterocycles. The maximum Gasteiger partial charge on any atom is 0.407 e. The summed E-state index contributed by atoms with van der Waals surface area (Å²) in [4.78, 5) is 82.7. The van der Waals surface area contributed by atoms with E-state index < -0.39 is 93.3 Å². The number of benzene rings is 3. The number of aromatic nitrogens is 1. The molecule has 3 aromatic carbocycles. The maximum atomic E-state index is 15.4. The number of ether oxygens (including phenoxy) is 7. The van der Waals surface area contributed by atoms with Crippen LogP contribution in [-0.2, 0) is 60.7 Å². The molecule has 22 heteroatoms. The highest BCUT2D eigenvalue weighted by Gasteiger charge is 2.80. The largest absolute Gasteiger partial charge is 0.497 e. The molecule has 2 bridgehead atoms. The Balaban J connectivity index is 0.000000226. The lowest BCUT2D eigenvalue weighted by atomic mass is 9.47. The highest BCUT2D eigenvalue weighted by molar-refractivity contribution is 5.94. The Kier molecular flexibility index (Phi) is 20.3. The number of likely N-dealkylation sites (N-methyl/N-ethyl adjacent to an activating group) is 2. The summed E-state index contributed by atoms with van der Waals surface area (Å²) in [6.07, 6.45) is 16.0. The number of H-pyrrole nitrogens is 1. The molecule has 8 aliphatic heterocycles. The molecule has 2 saturated carbocycles. The number of fused-ring (bicyclic) bond motifs is 7. The molecule has 5 N–H and O–H groups in total. The van der Waals surface area contributed by atoms with Gasteiger partial charge in [0.1, 0.15) is 42.3 Å². The van der Waals surface area contributed by atoms with Crippen molar-refractivity contribution in [3.63, 3.8) is 0 Å². The number of esters is 3. The van der Waals surface area contributed by atoms with E-state index in [1.807, 2.05) is 52.2 Å². The van der Waals surface area contributed by atoms with E-state index in [2.05, 4.69) is 122 Å². The second-order valence-electron chi connectivity index (χ2n) is 30.3. The van der Waals surface area contributed by atoms with Crippen LogP contribution in [0.5, 0.6) is 11.5 Å². The van der Waals surface area contributed by atoms with Crippen molar-refractivity contribution in [2.24, 2.45) is 16.7 Å². The third-order valence-electron chi connectivity index (χ3n) is 25.3. The summed E-state index contributed by atoms with van der Waals surface area (Å²) in [7, 11) is 8.71. The van der Waals surface area contributed by atoms with Gasteiger partial charge in [-0.3, -0.25) is 29.1 Å². The van der Waals surface area contributed by atoms with Crippen LogP contribution in [0, 0.1) is 16.7 Å². The van der Waals surface area contributed by atoms with Crippen molar-refractivity contribution in [1.29, 1.82) is 0 Å². The van der Waals surface area contributed by atoms with Gasteiger partial charge in [0.15, 0.2) is 11.2 Å². The lowest BCUT2D eigenvalue weighted by molar-refractivity contribution is -0.228. The maximum absolute atomic E-state index is 15.4. The highest BCUT2D eigenvalue weighted by Crippen LogP contribution is 2.70. The number of carbonyl (C=O) groups is 5. The van der Waals surface area contributed by atoms with Crippen molar-refractivity contribution < 1.29 is 70.3 Å². The average Bonchev–Trinajstić information content (AvgIpc) is 1.47. The quantitative estimate of drug-likeness (QED) is 0.0254. The standard InChI is InChI=1S/C50H65N5O8.C29H41N3O6.CH4.H2/c1-8-11-20-51-46(58)62-30-50(59)43-48(19-23-55-21-14-18-47(10-3,42(48)55)44(50)63-31(4)56)36-25-37(40(60-6)26-39(36)53(43)5)49(45(57)61-7)27-33-24-32(9-2)28-54(29-33)22-17-35-34-15-12-13-16-38(34)52-41(35)49;1-6-8-14-30-26(34)37-18-29(35)24-28(21-11-10-20(36-5)17-22(21)31(24)4)13-16-32-15-9-12-27(7-2,23(28)32)25(29)38-19(3)33;;/h12-16,18,24-26,33,42-44,52,59H,8-11,17,19-23,27-30H2,1-7H3,(H,51,58);9-12,17,23-25,35H,6-8,13-16,18H2,1-5H3,(H,30,34);1H4;1H/t33-,42?,43+,44+,47+,48+,49-,50-;23?,24-,25-,27-,28-,29+;;/m01../s1/i;;;1+1D. The van der Waals surface area contributed by atoms with Gasteiger partial charge in [0, 0.05) is 156 Å². The smallest absolute Gasteiger partial charge is 0.407 e. The Labute approximate surface area is 604 Å². The number of nitrogens with one attached hydrogen (secondary N) is 3. The van der Waals surface area contributed by atoms with Crippen LogP contribution in [0.1, 0.15) is 151 Å². The van der Waals surface area contributed by atoms with Crippen LogP contribution in [0.15, 0.2) is 90.6 Å². The number of nitrogens with zero attached hydrogens (tertiary/aromatic N) is 5. The molecule has 9 heterocycles. The van der Waals surface area contributed by atoms with Gasteiger partial charge in [-0.25, -0.2) is 9.59 Å². The number of hydrogen-bond acceptors (Lipinski definition) is 19. The van der Waals surface area contributed by atoms with Crippen molar-refractivity contribution in [2.45, 2.75) is 190 Å². The Bertz CT molecular complexity index is 3960. The molecular formula is C80H112N8O14. The first-order chi connectivity index (χ1) is 49.5. The first-order valence-electron chi connectivity index (χ1n) is 38.0. The molecule has 15 atom stereocenters. The topological polar surface area (TPSA) is 246 Å². The van der Waals surface area contributed by atoms with Gasteiger partial charge in [-0.15, -0.1) is 0 Å². The monoisotopic (exact) mass is 1410 g/mol. The first kappa shape index (κ1) is 72.7. The van der Waals surface area contributed by atoms with Gasteiger partial charge in [-0.2, -0.15) is 0 Å². The minimum absolute atomic E-state index is 0. The fourth-order valence-corrected chi connectivity index (χ4v) is 21.8. The number of amides is 2. The molecule has 2 amide bonds. The summed E-state index contributed by atoms with van der Waals surface area (Å²) in [6.45, 7) is 19.1. The van der Waals surface area contributed by atoms with E-state index in [1.54, 1.807) is 14.2 Å². The van der Waals surface area contributed by atoms with E-state index >= 15 is 4.79 Å². The van der Waals surface area contributed by atoms with Crippen LogP contribution in [0.3, 0.4) is 0 Å². The van der Waals surface area contributed by atoms with Gasteiger partial charge >= 0.3 is 30.1 Å². The molecule has 14 rings (SSSR count). The molecule has 0 radical (unpaired) electrons. The van der Waals surface area contributed by atoms with E-state index in [0.29, 0.717) is 56.6 Å². The summed E-state index contributed by atoms with van der Waals surface area (Å²) >= 11 is 0. The van der Waals surface area contributed by atoms with Gasteiger partial charge < -0.3 is 68.8 Å². The minimum atomic E-state index is -1.88. The molecule has 3 unspecified atom stereocenters. The molecule has 2 aliphatic carbocycles. The molecule has 10 aliphatic rings. The molecule has 1 aromatic heterocycles. The second kappa shape index (κ2) is 28.4. The third kappa shape index (κ3) is 11.2. The summed E-state index contributed by atoms with van der Waals surface area (Å²) in [5, 5.41) is 33.3. The van der Waals surface area contributed by atoms with Crippen molar-refractivity contribution in [1.82, 2.24) is 30.3 Å². The van der Waals surface area contributed by atoms with Gasteiger partial charge in [0.25, 0.3) is 0 Å². The molecule has 556 valence electrons. The Morgan fingerprint density at radius 1 is 0.686 bits per heavy atom. The summed E-state index contributed by atoms with van der Waals surface area (Å²) in [5.74, 6) is -0.0630. The lowest BCUT2D eigenvalue weighted by Gasteiger charge is -2.64. The zero-order chi connectivity index (χ0) is 73.8. The molecular weight excluding hydrogens is 1300 g/mol. The van der Waals surface area contributed by atoms with E-state index in [9.17, 15) is 29.4 Å². The Hall–Kier alpha value is -7.63. The predicted octanol–water partition coefficient (Wildman–Crippen LogP) is 10.0. The average molecular weight is 1410 g/mol. The molecule has 102 heavy (non-hydrogen) atoms. The van der Waals surface area contributed by atoms with Crippen LogP contribution >= 0.6 is 0 Å². The Morgan fingerprint density at radius 2 is 1.25 bits per heavy atom. The summed E-state index contributed by atoms with van der Waals surface area (Å²) in [5.41, 5.74) is 1.22. The van der Waals surface area contributed by atoms with E-state index in [1.165, 1.54) is 26.5 Å². The number of aromatic amines is 1. The van der Waals surface area contributed by atoms with E-state index in [-0.39, 0.29) is 38.0 Å². The summed E-state index contributed by atoms with van der Waals surface area (Å²) < 4.78 is 52.2.